The third kappa shape index (κ3) is 5.02. The largest absolute Gasteiger partial charge is 0.463 e. The number of allylic oxidation sites excluding steroid dienone is 1. The number of carbonyl (C=O) groups is 1. The number of nitrogens with two attached hydrogens (primary N) is 1. The van der Waals surface area contributed by atoms with E-state index in [1.807, 2.05) is 36.4 Å². The number of pyridine rings is 1. The summed E-state index contributed by atoms with van der Waals surface area (Å²) in [5, 5.41) is 20.1. The number of rotatable bonds is 6. The molecule has 0 saturated heterocycles. The van der Waals surface area contributed by atoms with E-state index in [-0.39, 0.29) is 29.4 Å². The van der Waals surface area contributed by atoms with Gasteiger partial charge in [-0.05, 0) is 18.6 Å². The number of hydrogen-bond acceptors (Lipinski definition) is 8. The highest BCUT2D eigenvalue weighted by Crippen LogP contribution is 2.41. The fourth-order valence-corrected chi connectivity index (χ4v) is 5.27. The van der Waals surface area contributed by atoms with Crippen molar-refractivity contribution in [2.75, 3.05) is 26.0 Å². The number of nitrogens with zero attached hydrogens (tertiary/aromatic N) is 3. The van der Waals surface area contributed by atoms with Crippen LogP contribution in [0.4, 0.5) is 0 Å². The number of nitriles is 2. The van der Waals surface area contributed by atoms with Gasteiger partial charge in [0.05, 0.1) is 48.7 Å². The molecule has 0 spiro atoms. The van der Waals surface area contributed by atoms with Crippen molar-refractivity contribution in [1.82, 2.24) is 4.98 Å². The van der Waals surface area contributed by atoms with Gasteiger partial charge in [0.2, 0.25) is 5.88 Å². The van der Waals surface area contributed by atoms with Gasteiger partial charge >= 0.3 is 5.97 Å². The molecule has 2 aliphatic heterocycles. The topological polar surface area (TPSA) is 126 Å². The van der Waals surface area contributed by atoms with Crippen LogP contribution >= 0.6 is 11.8 Å². The molecule has 9 heteroatoms. The van der Waals surface area contributed by atoms with Crippen LogP contribution in [0, 0.1) is 22.7 Å². The Morgan fingerprint density at radius 1 is 1.31 bits per heavy atom. The van der Waals surface area contributed by atoms with E-state index >= 15 is 0 Å². The minimum absolute atomic E-state index is 0.0464. The van der Waals surface area contributed by atoms with E-state index < -0.39 is 11.9 Å². The van der Waals surface area contributed by atoms with E-state index in [0.29, 0.717) is 16.3 Å². The van der Waals surface area contributed by atoms with Crippen molar-refractivity contribution in [3.63, 3.8) is 0 Å². The van der Waals surface area contributed by atoms with Crippen LogP contribution in [-0.4, -0.2) is 36.9 Å². The maximum atomic E-state index is 13.1. The number of likely N-dealkylation sites (N-methyl/N-ethyl adjacent to an activating group) is 1. The van der Waals surface area contributed by atoms with Crippen molar-refractivity contribution in [3.05, 3.63) is 81.6 Å². The van der Waals surface area contributed by atoms with Crippen LogP contribution in [0.2, 0.25) is 0 Å². The Kier molecular flexibility index (Phi) is 7.40. The first kappa shape index (κ1) is 24.3. The molecule has 178 valence electrons. The van der Waals surface area contributed by atoms with Gasteiger partial charge in [-0.3, -0.25) is 0 Å². The zero-order valence-corrected chi connectivity index (χ0v) is 20.4. The summed E-state index contributed by atoms with van der Waals surface area (Å²) in [5.41, 5.74) is 9.83. The van der Waals surface area contributed by atoms with Crippen LogP contribution in [0.3, 0.4) is 0 Å². The first-order chi connectivity index (χ1) is 17.0. The van der Waals surface area contributed by atoms with Gasteiger partial charge in [-0.2, -0.15) is 10.5 Å². The second-order valence-electron chi connectivity index (χ2n) is 8.37. The van der Waals surface area contributed by atoms with Crippen molar-refractivity contribution in [2.45, 2.75) is 30.8 Å². The number of quaternary nitrogens is 1. The molecule has 4 rings (SSSR count). The number of aromatic nitrogens is 1. The van der Waals surface area contributed by atoms with Crippen molar-refractivity contribution in [1.29, 1.82) is 10.5 Å². The van der Waals surface area contributed by atoms with Crippen molar-refractivity contribution < 1.29 is 19.2 Å². The maximum absolute atomic E-state index is 13.1. The highest BCUT2D eigenvalue weighted by atomic mass is 32.2. The minimum atomic E-state index is -0.713. The van der Waals surface area contributed by atoms with Gasteiger partial charge < -0.3 is 20.1 Å². The highest BCUT2D eigenvalue weighted by molar-refractivity contribution is 7.99. The summed E-state index contributed by atoms with van der Waals surface area (Å²) in [6.45, 7) is 3.71. The molecular weight excluding hydrogens is 462 g/mol. The first-order valence-corrected chi connectivity index (χ1v) is 12.3. The van der Waals surface area contributed by atoms with E-state index in [4.69, 9.17) is 20.2 Å². The van der Waals surface area contributed by atoms with Crippen molar-refractivity contribution in [3.8, 4) is 12.1 Å². The third-order valence-corrected chi connectivity index (χ3v) is 7.01. The summed E-state index contributed by atoms with van der Waals surface area (Å²) >= 11 is 1.31. The molecule has 35 heavy (non-hydrogen) atoms. The maximum Gasteiger partial charge on any atom is 0.338 e. The predicted octanol–water partition coefficient (Wildman–Crippen LogP) is 1.94. The summed E-state index contributed by atoms with van der Waals surface area (Å²) in [6.07, 6.45) is 0.838. The molecule has 0 saturated carbocycles. The van der Waals surface area contributed by atoms with E-state index in [0.717, 1.165) is 36.3 Å². The Morgan fingerprint density at radius 3 is 2.77 bits per heavy atom. The van der Waals surface area contributed by atoms with Gasteiger partial charge in [0.1, 0.15) is 35.0 Å². The van der Waals surface area contributed by atoms with Crippen LogP contribution in [0.1, 0.15) is 35.2 Å². The van der Waals surface area contributed by atoms with Crippen LogP contribution in [0.25, 0.3) is 0 Å². The summed E-state index contributed by atoms with van der Waals surface area (Å²) in [5.74, 6) is -0.832. The average molecular weight is 489 g/mol. The van der Waals surface area contributed by atoms with Crippen LogP contribution in [-0.2, 0) is 27.2 Å². The van der Waals surface area contributed by atoms with E-state index in [1.54, 1.807) is 6.92 Å². The summed E-state index contributed by atoms with van der Waals surface area (Å²) in [4.78, 5) is 19.3. The van der Waals surface area contributed by atoms with Crippen LogP contribution in [0.15, 0.2) is 64.2 Å². The zero-order valence-electron chi connectivity index (χ0n) is 19.6. The average Bonchev–Trinajstić information content (AvgIpc) is 2.87. The minimum Gasteiger partial charge on any atom is -0.463 e. The highest BCUT2D eigenvalue weighted by Gasteiger charge is 2.37. The Hall–Kier alpha value is -3.79. The molecule has 2 aromatic rings. The normalized spacial score (nSPS) is 19.3. The second kappa shape index (κ2) is 10.6. The Balaban J connectivity index is 1.73. The molecule has 8 nitrogen and oxygen atoms in total. The van der Waals surface area contributed by atoms with Gasteiger partial charge in [-0.25, -0.2) is 9.78 Å². The molecule has 3 N–H and O–H groups in total. The first-order valence-electron chi connectivity index (χ1n) is 11.4. The fraction of sp³-hybridized carbons (Fsp3) is 0.308. The lowest BCUT2D eigenvalue weighted by atomic mass is 9.83. The molecular formula is C26H26N5O3S+. The third-order valence-electron chi connectivity index (χ3n) is 6.02. The molecule has 0 bridgehead atoms. The number of ether oxygens (including phenoxy) is 2. The predicted molar refractivity (Wildman–Crippen MR) is 130 cm³/mol. The number of fused-ring (bicyclic) bond motifs is 1. The molecule has 1 aromatic heterocycles. The zero-order chi connectivity index (χ0) is 24.9. The molecule has 0 radical (unpaired) electrons. The molecule has 2 aliphatic rings. The number of hydrogen-bond donors (Lipinski definition) is 2. The van der Waals surface area contributed by atoms with E-state index in [1.165, 1.54) is 16.7 Å². The van der Waals surface area contributed by atoms with Gasteiger partial charge in [-0.15, -0.1) is 0 Å². The summed E-state index contributed by atoms with van der Waals surface area (Å²) in [6, 6.07) is 15.5. The smallest absolute Gasteiger partial charge is 0.338 e. The Labute approximate surface area is 208 Å². The molecule has 0 fully saturated rings. The SMILES string of the molecule is CCOC(=O)C1=C(CSc2nc3c(cc2C#N)C[NH+](C)CC3)OC(N)=C(C#N)[C@H]1c1ccccc1. The Morgan fingerprint density at radius 2 is 2.09 bits per heavy atom. The second-order valence-corrected chi connectivity index (χ2v) is 9.34. The van der Waals surface area contributed by atoms with Crippen molar-refractivity contribution in [2.24, 2.45) is 5.73 Å². The molecule has 2 atom stereocenters. The number of benzene rings is 1. The van der Waals surface area contributed by atoms with Crippen LogP contribution < -0.4 is 10.6 Å². The molecule has 0 aliphatic carbocycles. The van der Waals surface area contributed by atoms with E-state index in [2.05, 4.69) is 19.2 Å². The lowest BCUT2D eigenvalue weighted by Crippen LogP contribution is -3.08. The Bertz CT molecular complexity index is 1290. The summed E-state index contributed by atoms with van der Waals surface area (Å²) in [7, 11) is 2.12. The number of thioether (sulfide) groups is 1. The monoisotopic (exact) mass is 488 g/mol. The van der Waals surface area contributed by atoms with Gasteiger partial charge in [0, 0.05) is 12.0 Å². The quantitative estimate of drug-likeness (QED) is 0.467. The lowest BCUT2D eigenvalue weighted by Gasteiger charge is -2.28. The molecule has 1 aromatic carbocycles. The van der Waals surface area contributed by atoms with Crippen molar-refractivity contribution >= 4 is 17.7 Å². The van der Waals surface area contributed by atoms with Gasteiger partial charge in [0.15, 0.2) is 0 Å². The fourth-order valence-electron chi connectivity index (χ4n) is 4.35. The summed E-state index contributed by atoms with van der Waals surface area (Å²) < 4.78 is 11.2. The van der Waals surface area contributed by atoms with Gasteiger partial charge in [0.25, 0.3) is 0 Å². The van der Waals surface area contributed by atoms with Gasteiger partial charge in [-0.1, -0.05) is 42.1 Å². The molecule has 0 amide bonds. The van der Waals surface area contributed by atoms with E-state index in [9.17, 15) is 15.3 Å². The lowest BCUT2D eigenvalue weighted by molar-refractivity contribution is -0.895. The standard InChI is InChI=1S/C26H25N5O3S/c1-3-33-26(32)23-21(34-24(29)19(13-28)22(23)16-7-5-4-6-8-16)15-35-25-17(12-27)11-18-14-31(2)10-9-20(18)30-25/h4-8,11,22H,3,9-10,14-15,29H2,1-2H3/p+1/t22-/m1/s1. The number of carbonyl (C=O) groups excluding carboxylic acids is 1. The number of esters is 1. The van der Waals surface area contributed by atoms with Crippen LogP contribution in [0.5, 0.6) is 0 Å². The molecule has 3 heterocycles. The molecule has 1 unspecified atom stereocenters. The number of nitrogens with one attached hydrogen (secondary N) is 1.